The highest BCUT2D eigenvalue weighted by molar-refractivity contribution is 6.32. The van der Waals surface area contributed by atoms with Gasteiger partial charge >= 0.3 is 0 Å². The Kier molecular flexibility index (Phi) is 8.67. The maximum absolute atomic E-state index is 14.2. The Labute approximate surface area is 278 Å². The Morgan fingerprint density at radius 1 is 0.804 bits per heavy atom. The second kappa shape index (κ2) is 12.4. The third-order valence-corrected chi connectivity index (χ3v) is 9.86. The molecule has 0 aromatic heterocycles. The van der Waals surface area contributed by atoms with Crippen LogP contribution >= 0.6 is 11.6 Å². The number of ether oxygens (including phenoxy) is 2. The smallest absolute Gasteiger partial charge is 0.180 e. The molecule has 2 aliphatic carbocycles. The van der Waals surface area contributed by atoms with Crippen LogP contribution in [0, 0.1) is 17.8 Å². The summed E-state index contributed by atoms with van der Waals surface area (Å²) in [4.78, 5) is 30.8. The van der Waals surface area contributed by atoms with E-state index < -0.39 is 5.92 Å². The van der Waals surface area contributed by atoms with E-state index >= 15 is 0 Å². The molecule has 3 aliphatic rings. The number of carbonyl (C=O) groups excluding carboxylic acids is 2. The molecule has 0 bridgehead atoms. The summed E-state index contributed by atoms with van der Waals surface area (Å²) in [5, 5.41) is 0.393. The van der Waals surface area contributed by atoms with Gasteiger partial charge in [0.25, 0.3) is 0 Å². The van der Waals surface area contributed by atoms with E-state index in [1.807, 2.05) is 30.3 Å². The maximum atomic E-state index is 14.2. The Morgan fingerprint density at radius 3 is 1.96 bits per heavy atom. The normalized spacial score (nSPS) is 19.2. The molecule has 1 heterocycles. The Hall–Kier alpha value is -3.83. The van der Waals surface area contributed by atoms with Gasteiger partial charge in [-0.25, -0.2) is 0 Å². The third kappa shape index (κ3) is 6.40. The molecular weight excluding hydrogens is 594 g/mol. The minimum atomic E-state index is -0.511. The summed E-state index contributed by atoms with van der Waals surface area (Å²) in [5.74, 6) is 0.615. The fourth-order valence-electron chi connectivity index (χ4n) is 7.42. The number of rotatable bonds is 8. The molecule has 3 aromatic carbocycles. The average Bonchev–Trinajstić information content (AvgIpc) is 2.99. The number of allylic oxidation sites excluding steroid dienone is 4. The number of aryl methyl sites for hydroxylation is 1. The van der Waals surface area contributed by atoms with Crippen molar-refractivity contribution in [2.45, 2.75) is 79.2 Å². The summed E-state index contributed by atoms with van der Waals surface area (Å²) in [6, 6.07) is 22.4. The summed E-state index contributed by atoms with van der Waals surface area (Å²) in [6.45, 7) is 11.8. The fourth-order valence-corrected chi connectivity index (χ4v) is 7.70. The summed E-state index contributed by atoms with van der Waals surface area (Å²) in [5.41, 5.74) is 7.37. The average molecular weight is 638 g/mol. The third-order valence-electron chi connectivity index (χ3n) is 9.58. The van der Waals surface area contributed by atoms with Crippen molar-refractivity contribution in [2.24, 2.45) is 10.8 Å². The molecule has 3 aromatic rings. The highest BCUT2D eigenvalue weighted by atomic mass is 35.5. The first-order valence-corrected chi connectivity index (χ1v) is 16.6. The van der Waals surface area contributed by atoms with Crippen LogP contribution in [-0.4, -0.2) is 30.1 Å². The minimum Gasteiger partial charge on any atom is -0.493 e. The lowest BCUT2D eigenvalue weighted by molar-refractivity contribution is -0.119. The van der Waals surface area contributed by atoms with Crippen LogP contribution in [0.15, 0.2) is 89.3 Å². The lowest BCUT2D eigenvalue weighted by Crippen LogP contribution is -2.45. The van der Waals surface area contributed by atoms with Crippen LogP contribution < -0.4 is 9.47 Å². The van der Waals surface area contributed by atoms with Crippen LogP contribution in [0.1, 0.15) is 81.5 Å². The number of halogens is 1. The number of methoxy groups -OCH3 is 1. The predicted molar refractivity (Wildman–Crippen MR) is 183 cm³/mol. The molecule has 46 heavy (non-hydrogen) atoms. The quantitative estimate of drug-likeness (QED) is 0.246. The number of hydrogen-bond donors (Lipinski definition) is 0. The molecule has 240 valence electrons. The monoisotopic (exact) mass is 637 g/mol. The van der Waals surface area contributed by atoms with E-state index in [1.54, 1.807) is 7.11 Å². The second-order valence-electron chi connectivity index (χ2n) is 14.7. The van der Waals surface area contributed by atoms with Gasteiger partial charge in [-0.3, -0.25) is 9.59 Å². The molecule has 6 heteroatoms. The molecular formula is C40H44ClNO4. The molecule has 0 unspecified atom stereocenters. The zero-order valence-electron chi connectivity index (χ0n) is 27.8. The van der Waals surface area contributed by atoms with E-state index in [0.29, 0.717) is 42.5 Å². The Balaban J connectivity index is 1.47. The molecule has 1 aliphatic heterocycles. The van der Waals surface area contributed by atoms with Gasteiger partial charge in [0.1, 0.15) is 6.61 Å². The van der Waals surface area contributed by atoms with Crippen LogP contribution in [0.25, 0.3) is 0 Å². The van der Waals surface area contributed by atoms with Gasteiger partial charge in [-0.2, -0.15) is 0 Å². The van der Waals surface area contributed by atoms with Gasteiger partial charge in [-0.1, -0.05) is 99.5 Å². The molecule has 0 spiro atoms. The standard InChI is InChI=1S/C40H44ClNO4/c1-25-12-14-27(15-13-25)24-46-38-29(41)18-28(19-34(38)45-6)35-36-30(20-39(2,3)22-32(36)43)42(17-16-26-10-8-7-9-11-26)31-21-40(4,5)23-33(44)37(31)35/h7-15,18-19,35H,16-17,20-24H2,1-6H3. The van der Waals surface area contributed by atoms with E-state index in [9.17, 15) is 9.59 Å². The first-order chi connectivity index (χ1) is 21.9. The van der Waals surface area contributed by atoms with Crippen LogP contribution in [-0.2, 0) is 22.6 Å². The van der Waals surface area contributed by atoms with Crippen molar-refractivity contribution in [1.82, 2.24) is 4.90 Å². The van der Waals surface area contributed by atoms with E-state index in [0.717, 1.165) is 52.9 Å². The van der Waals surface area contributed by atoms with Crippen molar-refractivity contribution in [3.8, 4) is 11.5 Å². The molecule has 0 N–H and O–H groups in total. The van der Waals surface area contributed by atoms with E-state index in [-0.39, 0.29) is 22.4 Å². The zero-order valence-corrected chi connectivity index (χ0v) is 28.6. The van der Waals surface area contributed by atoms with E-state index in [4.69, 9.17) is 21.1 Å². The van der Waals surface area contributed by atoms with Gasteiger partial charge in [0.2, 0.25) is 0 Å². The van der Waals surface area contributed by atoms with Gasteiger partial charge in [-0.15, -0.1) is 0 Å². The van der Waals surface area contributed by atoms with Crippen molar-refractivity contribution in [2.75, 3.05) is 13.7 Å². The van der Waals surface area contributed by atoms with Crippen LogP contribution in [0.2, 0.25) is 5.02 Å². The molecule has 0 fully saturated rings. The minimum absolute atomic E-state index is 0.0972. The lowest BCUT2D eigenvalue weighted by atomic mass is 9.63. The largest absolute Gasteiger partial charge is 0.493 e. The van der Waals surface area contributed by atoms with Crippen LogP contribution in [0.4, 0.5) is 0 Å². The van der Waals surface area contributed by atoms with Crippen molar-refractivity contribution in [3.63, 3.8) is 0 Å². The predicted octanol–water partition coefficient (Wildman–Crippen LogP) is 9.16. The number of carbonyl (C=O) groups is 2. The Bertz CT molecular complexity index is 1680. The number of benzene rings is 3. The number of nitrogens with zero attached hydrogens (tertiary/aromatic N) is 1. The molecule has 0 amide bonds. The molecule has 0 saturated carbocycles. The first kappa shape index (κ1) is 32.1. The first-order valence-electron chi connectivity index (χ1n) is 16.3. The van der Waals surface area contributed by atoms with Gasteiger partial charge in [0, 0.05) is 47.8 Å². The van der Waals surface area contributed by atoms with Crippen molar-refractivity contribution < 1.29 is 19.1 Å². The molecule has 6 rings (SSSR count). The summed E-state index contributed by atoms with van der Waals surface area (Å²) in [7, 11) is 1.60. The van der Waals surface area contributed by atoms with Crippen molar-refractivity contribution in [3.05, 3.63) is 117 Å². The summed E-state index contributed by atoms with van der Waals surface area (Å²) in [6.07, 6.45) is 3.19. The maximum Gasteiger partial charge on any atom is 0.180 e. The highest BCUT2D eigenvalue weighted by Crippen LogP contribution is 2.55. The molecule has 0 saturated heterocycles. The summed E-state index contributed by atoms with van der Waals surface area (Å²) < 4.78 is 12.0. The number of ketones is 2. The highest BCUT2D eigenvalue weighted by Gasteiger charge is 2.49. The number of Topliss-reactive ketones (excluding diaryl/α,β-unsaturated/α-hetero) is 2. The van der Waals surface area contributed by atoms with Crippen molar-refractivity contribution >= 4 is 23.2 Å². The Morgan fingerprint density at radius 2 is 1.39 bits per heavy atom. The van der Waals surface area contributed by atoms with Gasteiger partial charge in [0.15, 0.2) is 23.1 Å². The molecule has 0 atom stereocenters. The number of hydrogen-bond acceptors (Lipinski definition) is 5. The van der Waals surface area contributed by atoms with Crippen molar-refractivity contribution in [1.29, 1.82) is 0 Å². The fraction of sp³-hybridized carbons (Fsp3) is 0.400. The zero-order chi connectivity index (χ0) is 32.8. The van der Waals surface area contributed by atoms with Gasteiger partial charge < -0.3 is 14.4 Å². The molecule has 0 radical (unpaired) electrons. The molecule has 5 nitrogen and oxygen atoms in total. The van der Waals surface area contributed by atoms with Crippen LogP contribution in [0.5, 0.6) is 11.5 Å². The SMILES string of the molecule is COc1cc(C2C3=C(CC(C)(C)CC3=O)N(CCc3ccccc3)C3=C2C(=O)CC(C)(C)C3)cc(Cl)c1OCc1ccc(C)cc1. The van der Waals surface area contributed by atoms with E-state index in [2.05, 4.69) is 75.9 Å². The second-order valence-corrected chi connectivity index (χ2v) is 15.1. The van der Waals surface area contributed by atoms with E-state index in [1.165, 1.54) is 11.1 Å². The topological polar surface area (TPSA) is 55.8 Å². The van der Waals surface area contributed by atoms with Gasteiger partial charge in [-0.05, 0) is 65.8 Å². The summed E-state index contributed by atoms with van der Waals surface area (Å²) >= 11 is 6.97. The lowest BCUT2D eigenvalue weighted by Gasteiger charge is -2.49. The van der Waals surface area contributed by atoms with Crippen LogP contribution in [0.3, 0.4) is 0 Å². The van der Waals surface area contributed by atoms with Gasteiger partial charge in [0.05, 0.1) is 12.1 Å².